The Balaban J connectivity index is 2.29. The molecule has 0 radical (unpaired) electrons. The Hall–Kier alpha value is -1.28. The summed E-state index contributed by atoms with van der Waals surface area (Å²) in [4.78, 5) is 0. The molecule has 1 aromatic rings. The van der Waals surface area contributed by atoms with Crippen LogP contribution in [0.15, 0.2) is 42.0 Å². The highest BCUT2D eigenvalue weighted by Crippen LogP contribution is 2.10. The van der Waals surface area contributed by atoms with Crippen LogP contribution in [0.25, 0.3) is 0 Å². The highest BCUT2D eigenvalue weighted by molar-refractivity contribution is 5.21. The molecule has 2 nitrogen and oxygen atoms in total. The fraction of sp³-hybridized carbons (Fsp3) is 0.467. The molecule has 0 aliphatic carbocycles. The number of hydrogen-bond donors (Lipinski definition) is 0. The van der Waals surface area contributed by atoms with E-state index in [0.29, 0.717) is 13.2 Å². The van der Waals surface area contributed by atoms with Crippen molar-refractivity contribution in [3.63, 3.8) is 0 Å². The monoisotopic (exact) mass is 234 g/mol. The van der Waals surface area contributed by atoms with Gasteiger partial charge in [0.25, 0.3) is 0 Å². The number of para-hydroxylation sites is 1. The fourth-order valence-corrected chi connectivity index (χ4v) is 1.19. The van der Waals surface area contributed by atoms with E-state index in [9.17, 15) is 0 Å². The molecule has 0 unspecified atom stereocenters. The summed E-state index contributed by atoms with van der Waals surface area (Å²) in [5, 5.41) is 0. The Morgan fingerprint density at radius 3 is 2.41 bits per heavy atom. The zero-order valence-corrected chi connectivity index (χ0v) is 11.2. The minimum atomic E-state index is -0.0879. The molecule has 0 amide bonds. The van der Waals surface area contributed by atoms with Crippen molar-refractivity contribution >= 4 is 0 Å². The topological polar surface area (TPSA) is 18.5 Å². The van der Waals surface area contributed by atoms with E-state index < -0.39 is 0 Å². The van der Waals surface area contributed by atoms with Crippen LogP contribution < -0.4 is 4.74 Å². The smallest absolute Gasteiger partial charge is 0.119 e. The summed E-state index contributed by atoms with van der Waals surface area (Å²) < 4.78 is 11.2. The quantitative estimate of drug-likeness (QED) is 0.721. The zero-order valence-electron chi connectivity index (χ0n) is 11.2. The Morgan fingerprint density at radius 1 is 1.18 bits per heavy atom. The Bertz CT molecular complexity index is 347. The molecule has 1 rings (SSSR count). The minimum Gasteiger partial charge on any atom is -0.490 e. The van der Waals surface area contributed by atoms with Gasteiger partial charge in [-0.25, -0.2) is 0 Å². The number of benzene rings is 1. The third-order valence-corrected chi connectivity index (χ3v) is 2.16. The Labute approximate surface area is 104 Å². The second kappa shape index (κ2) is 6.45. The second-order valence-electron chi connectivity index (χ2n) is 5.08. The van der Waals surface area contributed by atoms with E-state index in [1.54, 1.807) is 0 Å². The summed E-state index contributed by atoms with van der Waals surface area (Å²) in [6.07, 6.45) is 2.05. The lowest BCUT2D eigenvalue weighted by Crippen LogP contribution is -2.20. The molecule has 0 aliphatic rings. The van der Waals surface area contributed by atoms with Gasteiger partial charge in [-0.3, -0.25) is 0 Å². The molecule has 0 atom stereocenters. The van der Waals surface area contributed by atoms with Crippen LogP contribution in [0.2, 0.25) is 0 Å². The summed E-state index contributed by atoms with van der Waals surface area (Å²) in [6.45, 7) is 9.47. The van der Waals surface area contributed by atoms with Gasteiger partial charge in [-0.15, -0.1) is 0 Å². The molecule has 0 spiro atoms. The molecule has 0 heterocycles. The van der Waals surface area contributed by atoms with Gasteiger partial charge in [0, 0.05) is 0 Å². The Kier molecular flexibility index (Phi) is 5.23. The normalized spacial score (nSPS) is 12.6. The molecular weight excluding hydrogens is 212 g/mol. The van der Waals surface area contributed by atoms with Gasteiger partial charge in [0.1, 0.15) is 12.4 Å². The third kappa shape index (κ3) is 6.80. The average Bonchev–Trinajstić information content (AvgIpc) is 2.27. The van der Waals surface area contributed by atoms with Crippen molar-refractivity contribution in [1.29, 1.82) is 0 Å². The molecular formula is C15H22O2. The van der Waals surface area contributed by atoms with Gasteiger partial charge in [-0.05, 0) is 51.5 Å². The van der Waals surface area contributed by atoms with E-state index in [1.165, 1.54) is 5.57 Å². The van der Waals surface area contributed by atoms with Gasteiger partial charge in [0.05, 0.1) is 12.2 Å². The van der Waals surface area contributed by atoms with E-state index in [1.807, 2.05) is 30.3 Å². The fourth-order valence-electron chi connectivity index (χ4n) is 1.19. The first kappa shape index (κ1) is 13.8. The molecule has 0 aromatic heterocycles. The van der Waals surface area contributed by atoms with E-state index >= 15 is 0 Å². The molecule has 0 fully saturated rings. The van der Waals surface area contributed by atoms with Crippen LogP contribution in [-0.2, 0) is 4.74 Å². The first-order chi connectivity index (χ1) is 7.97. The maximum atomic E-state index is 5.67. The van der Waals surface area contributed by atoms with Crippen LogP contribution in [0.4, 0.5) is 0 Å². The van der Waals surface area contributed by atoms with Crippen LogP contribution in [-0.4, -0.2) is 18.8 Å². The lowest BCUT2D eigenvalue weighted by Gasteiger charge is -2.19. The van der Waals surface area contributed by atoms with Crippen molar-refractivity contribution < 1.29 is 9.47 Å². The SMILES string of the molecule is CC(=CCOc1ccccc1)COC(C)(C)C. The lowest BCUT2D eigenvalue weighted by atomic mass is 10.2. The standard InChI is InChI=1S/C15H22O2/c1-13(12-17-15(2,3)4)10-11-16-14-8-6-5-7-9-14/h5-10H,11-12H2,1-4H3. The van der Waals surface area contributed by atoms with E-state index in [0.717, 1.165) is 5.75 Å². The summed E-state index contributed by atoms with van der Waals surface area (Å²) in [5.74, 6) is 0.897. The molecule has 2 heteroatoms. The first-order valence-corrected chi connectivity index (χ1v) is 5.95. The molecule has 0 N–H and O–H groups in total. The second-order valence-corrected chi connectivity index (χ2v) is 5.08. The summed E-state index contributed by atoms with van der Waals surface area (Å²) in [7, 11) is 0. The molecule has 0 saturated carbocycles. The van der Waals surface area contributed by atoms with Crippen LogP contribution in [0.3, 0.4) is 0 Å². The average molecular weight is 234 g/mol. The highest BCUT2D eigenvalue weighted by Gasteiger charge is 2.09. The predicted molar refractivity (Wildman–Crippen MR) is 71.4 cm³/mol. The van der Waals surface area contributed by atoms with Crippen molar-refractivity contribution in [2.24, 2.45) is 0 Å². The molecule has 17 heavy (non-hydrogen) atoms. The summed E-state index contributed by atoms with van der Waals surface area (Å²) in [5.41, 5.74) is 1.10. The van der Waals surface area contributed by atoms with Gasteiger partial charge >= 0.3 is 0 Å². The zero-order chi connectivity index (χ0) is 12.7. The maximum Gasteiger partial charge on any atom is 0.119 e. The van der Waals surface area contributed by atoms with Gasteiger partial charge in [0.15, 0.2) is 0 Å². The van der Waals surface area contributed by atoms with Crippen molar-refractivity contribution in [1.82, 2.24) is 0 Å². The van der Waals surface area contributed by atoms with Crippen LogP contribution >= 0.6 is 0 Å². The minimum absolute atomic E-state index is 0.0879. The van der Waals surface area contributed by atoms with Gasteiger partial charge in [-0.2, -0.15) is 0 Å². The number of ether oxygens (including phenoxy) is 2. The van der Waals surface area contributed by atoms with E-state index in [-0.39, 0.29) is 5.60 Å². The van der Waals surface area contributed by atoms with Gasteiger partial charge in [-0.1, -0.05) is 18.2 Å². The summed E-state index contributed by atoms with van der Waals surface area (Å²) >= 11 is 0. The van der Waals surface area contributed by atoms with Crippen molar-refractivity contribution in [3.05, 3.63) is 42.0 Å². The molecule has 0 saturated heterocycles. The van der Waals surface area contributed by atoms with Crippen molar-refractivity contribution in [2.75, 3.05) is 13.2 Å². The van der Waals surface area contributed by atoms with Crippen LogP contribution in [0, 0.1) is 0 Å². The van der Waals surface area contributed by atoms with E-state index in [2.05, 4.69) is 33.8 Å². The predicted octanol–water partition coefficient (Wildman–Crippen LogP) is 3.83. The van der Waals surface area contributed by atoms with Crippen LogP contribution in [0.1, 0.15) is 27.7 Å². The highest BCUT2D eigenvalue weighted by atomic mass is 16.5. The Morgan fingerprint density at radius 2 is 1.82 bits per heavy atom. The largest absolute Gasteiger partial charge is 0.490 e. The molecule has 1 aromatic carbocycles. The van der Waals surface area contributed by atoms with E-state index in [4.69, 9.17) is 9.47 Å². The van der Waals surface area contributed by atoms with Gasteiger partial charge in [0.2, 0.25) is 0 Å². The molecule has 0 aliphatic heterocycles. The van der Waals surface area contributed by atoms with Crippen molar-refractivity contribution in [2.45, 2.75) is 33.3 Å². The third-order valence-electron chi connectivity index (χ3n) is 2.16. The summed E-state index contributed by atoms with van der Waals surface area (Å²) in [6, 6.07) is 9.82. The first-order valence-electron chi connectivity index (χ1n) is 5.95. The maximum absolute atomic E-state index is 5.67. The van der Waals surface area contributed by atoms with Crippen LogP contribution in [0.5, 0.6) is 5.75 Å². The molecule has 0 bridgehead atoms. The van der Waals surface area contributed by atoms with Gasteiger partial charge < -0.3 is 9.47 Å². The number of rotatable bonds is 5. The molecule has 94 valence electrons. The lowest BCUT2D eigenvalue weighted by molar-refractivity contribution is 0.0110. The van der Waals surface area contributed by atoms with Crippen molar-refractivity contribution in [3.8, 4) is 5.75 Å². The number of hydrogen-bond acceptors (Lipinski definition) is 2.